The highest BCUT2D eigenvalue weighted by Crippen LogP contribution is 2.23. The van der Waals surface area contributed by atoms with Gasteiger partial charge >= 0.3 is 0 Å². The molecule has 21 heavy (non-hydrogen) atoms. The molecule has 0 fully saturated rings. The molecule has 0 radical (unpaired) electrons. The van der Waals surface area contributed by atoms with E-state index in [0.717, 1.165) is 26.5 Å². The Morgan fingerprint density at radius 1 is 1.14 bits per heavy atom. The van der Waals surface area contributed by atoms with Gasteiger partial charge in [0.15, 0.2) is 0 Å². The van der Waals surface area contributed by atoms with E-state index < -0.39 is 0 Å². The Morgan fingerprint density at radius 2 is 2.00 bits per heavy atom. The van der Waals surface area contributed by atoms with Crippen molar-refractivity contribution in [1.82, 2.24) is 0 Å². The van der Waals surface area contributed by atoms with Crippen LogP contribution in [0.2, 0.25) is 5.02 Å². The smallest absolute Gasteiger partial charge is 0.121 e. The van der Waals surface area contributed by atoms with Crippen molar-refractivity contribution in [2.75, 3.05) is 25.6 Å². The first-order chi connectivity index (χ1) is 10.2. The molecule has 2 aromatic carbocycles. The number of hydrogen-bond acceptors (Lipinski definition) is 3. The predicted octanol–water partition coefficient (Wildman–Crippen LogP) is 4.74. The molecule has 0 aliphatic carbocycles. The van der Waals surface area contributed by atoms with E-state index in [9.17, 15) is 0 Å². The molecule has 0 amide bonds. The molecule has 0 bridgehead atoms. The van der Waals surface area contributed by atoms with Gasteiger partial charge in [0.25, 0.3) is 0 Å². The lowest BCUT2D eigenvalue weighted by molar-refractivity contribution is 0.146. The summed E-state index contributed by atoms with van der Waals surface area (Å²) < 4.78 is 11.6. The third-order valence-corrected chi connectivity index (χ3v) is 3.74. The van der Waals surface area contributed by atoms with E-state index in [1.165, 1.54) is 0 Å². The lowest BCUT2D eigenvalue weighted by atomic mass is 10.2. The van der Waals surface area contributed by atoms with E-state index >= 15 is 0 Å². The zero-order valence-corrected chi connectivity index (χ0v) is 14.1. The average molecular weight is 371 g/mol. The lowest BCUT2D eigenvalue weighted by Gasteiger charge is -2.11. The van der Waals surface area contributed by atoms with Crippen molar-refractivity contribution in [3.05, 3.63) is 57.5 Å². The van der Waals surface area contributed by atoms with Crippen molar-refractivity contribution in [3.8, 4) is 5.75 Å². The number of halogens is 2. The van der Waals surface area contributed by atoms with Crippen LogP contribution < -0.4 is 10.1 Å². The second-order valence-electron chi connectivity index (χ2n) is 4.46. The molecule has 1 N–H and O–H groups in total. The maximum Gasteiger partial charge on any atom is 0.121 e. The highest BCUT2D eigenvalue weighted by atomic mass is 79.9. The third kappa shape index (κ3) is 5.23. The highest BCUT2D eigenvalue weighted by Gasteiger charge is 2.02. The molecular weight excluding hydrogens is 354 g/mol. The van der Waals surface area contributed by atoms with Crippen molar-refractivity contribution in [2.24, 2.45) is 0 Å². The van der Waals surface area contributed by atoms with Gasteiger partial charge in [-0.05, 0) is 35.9 Å². The van der Waals surface area contributed by atoms with E-state index in [2.05, 4.69) is 21.2 Å². The highest BCUT2D eigenvalue weighted by molar-refractivity contribution is 9.10. The first kappa shape index (κ1) is 16.1. The van der Waals surface area contributed by atoms with Crippen LogP contribution in [-0.2, 0) is 11.3 Å². The van der Waals surface area contributed by atoms with Crippen LogP contribution in [0.15, 0.2) is 46.9 Å². The molecule has 0 atom stereocenters. The molecule has 0 aliphatic rings. The second kappa shape index (κ2) is 8.27. The number of nitrogens with one attached hydrogen (secondary N) is 1. The fraction of sp³-hybridized carbons (Fsp3) is 0.250. The summed E-state index contributed by atoms with van der Waals surface area (Å²) in [6, 6.07) is 13.6. The molecule has 0 aromatic heterocycles. The molecule has 0 saturated carbocycles. The van der Waals surface area contributed by atoms with Crippen molar-refractivity contribution in [2.45, 2.75) is 6.54 Å². The Hall–Kier alpha value is -1.23. The van der Waals surface area contributed by atoms with Gasteiger partial charge in [-0.25, -0.2) is 0 Å². The summed E-state index contributed by atoms with van der Waals surface area (Å²) in [5, 5.41) is 4.09. The Balaban J connectivity index is 1.96. The summed E-state index contributed by atoms with van der Waals surface area (Å²) >= 11 is 9.63. The van der Waals surface area contributed by atoms with Crippen molar-refractivity contribution in [1.29, 1.82) is 0 Å². The maximum absolute atomic E-state index is 6.18. The first-order valence-electron chi connectivity index (χ1n) is 6.58. The summed E-state index contributed by atoms with van der Waals surface area (Å²) in [4.78, 5) is 0. The quantitative estimate of drug-likeness (QED) is 0.714. The van der Waals surface area contributed by atoms with Gasteiger partial charge in [0.1, 0.15) is 12.4 Å². The Labute approximate surface area is 138 Å². The van der Waals surface area contributed by atoms with Gasteiger partial charge in [0.05, 0.1) is 6.61 Å². The monoisotopic (exact) mass is 369 g/mol. The molecule has 0 spiro atoms. The van der Waals surface area contributed by atoms with E-state index in [1.54, 1.807) is 7.11 Å². The third-order valence-electron chi connectivity index (χ3n) is 2.88. The van der Waals surface area contributed by atoms with Gasteiger partial charge in [-0.3, -0.25) is 0 Å². The van der Waals surface area contributed by atoms with Crippen LogP contribution in [-0.4, -0.2) is 20.3 Å². The lowest BCUT2D eigenvalue weighted by Crippen LogP contribution is -2.05. The van der Waals surface area contributed by atoms with Gasteiger partial charge < -0.3 is 14.8 Å². The molecule has 2 aromatic rings. The van der Waals surface area contributed by atoms with Crippen LogP contribution in [0.4, 0.5) is 5.69 Å². The summed E-state index contributed by atoms with van der Waals surface area (Å²) in [5.74, 6) is 0.817. The van der Waals surface area contributed by atoms with Gasteiger partial charge in [-0.2, -0.15) is 0 Å². The fourth-order valence-corrected chi connectivity index (χ4v) is 2.41. The molecule has 0 saturated heterocycles. The Kier molecular flexibility index (Phi) is 6.36. The minimum Gasteiger partial charge on any atom is -0.491 e. The van der Waals surface area contributed by atoms with Crippen molar-refractivity contribution < 1.29 is 9.47 Å². The number of benzene rings is 2. The molecule has 0 aliphatic heterocycles. The normalized spacial score (nSPS) is 10.4. The molecule has 5 heteroatoms. The summed E-state index contributed by atoms with van der Waals surface area (Å²) in [7, 11) is 1.66. The van der Waals surface area contributed by atoms with Gasteiger partial charge in [-0.1, -0.05) is 33.6 Å². The number of methoxy groups -OCH3 is 1. The zero-order chi connectivity index (χ0) is 15.1. The van der Waals surface area contributed by atoms with Crippen LogP contribution in [0.5, 0.6) is 5.75 Å². The van der Waals surface area contributed by atoms with Crippen molar-refractivity contribution >= 4 is 33.2 Å². The van der Waals surface area contributed by atoms with Crippen LogP contribution in [0.25, 0.3) is 0 Å². The van der Waals surface area contributed by atoms with Crippen LogP contribution in [0.3, 0.4) is 0 Å². The molecule has 2 rings (SSSR count). The van der Waals surface area contributed by atoms with Gasteiger partial charge in [0, 0.05) is 34.9 Å². The summed E-state index contributed by atoms with van der Waals surface area (Å²) in [5.41, 5.74) is 2.03. The predicted molar refractivity (Wildman–Crippen MR) is 90.3 cm³/mol. The number of rotatable bonds is 7. The SMILES string of the molecule is COCCOc1cccc(NCc2cc(Br)ccc2Cl)c1. The Morgan fingerprint density at radius 3 is 2.81 bits per heavy atom. The molecule has 0 heterocycles. The minimum absolute atomic E-state index is 0.539. The standard InChI is InChI=1S/C16H17BrClNO2/c1-20-7-8-21-15-4-2-3-14(10-15)19-11-12-9-13(17)5-6-16(12)18/h2-6,9-10,19H,7-8,11H2,1H3. The van der Waals surface area contributed by atoms with Crippen LogP contribution >= 0.6 is 27.5 Å². The molecule has 112 valence electrons. The summed E-state index contributed by atoms with van der Waals surface area (Å²) in [6.45, 7) is 1.77. The van der Waals surface area contributed by atoms with Crippen molar-refractivity contribution in [3.63, 3.8) is 0 Å². The molecule has 0 unspecified atom stereocenters. The maximum atomic E-state index is 6.18. The largest absolute Gasteiger partial charge is 0.491 e. The fourth-order valence-electron chi connectivity index (χ4n) is 1.81. The van der Waals surface area contributed by atoms with Gasteiger partial charge in [0.2, 0.25) is 0 Å². The zero-order valence-electron chi connectivity index (χ0n) is 11.7. The first-order valence-corrected chi connectivity index (χ1v) is 7.76. The second-order valence-corrected chi connectivity index (χ2v) is 5.78. The van der Waals surface area contributed by atoms with Crippen LogP contribution in [0, 0.1) is 0 Å². The van der Waals surface area contributed by atoms with E-state index in [-0.39, 0.29) is 0 Å². The van der Waals surface area contributed by atoms with E-state index in [0.29, 0.717) is 19.8 Å². The topological polar surface area (TPSA) is 30.5 Å². The number of hydrogen-bond donors (Lipinski definition) is 1. The summed E-state index contributed by atoms with van der Waals surface area (Å²) in [6.07, 6.45) is 0. The molecular formula is C16H17BrClNO2. The Bertz CT molecular complexity index is 592. The average Bonchev–Trinajstić information content (AvgIpc) is 2.49. The van der Waals surface area contributed by atoms with E-state index in [1.807, 2.05) is 42.5 Å². The van der Waals surface area contributed by atoms with E-state index in [4.69, 9.17) is 21.1 Å². The number of ether oxygens (including phenoxy) is 2. The minimum atomic E-state index is 0.539. The molecule has 3 nitrogen and oxygen atoms in total. The number of anilines is 1. The van der Waals surface area contributed by atoms with Crippen LogP contribution in [0.1, 0.15) is 5.56 Å². The van der Waals surface area contributed by atoms with Gasteiger partial charge in [-0.15, -0.1) is 0 Å².